The number of nitrogens with zero attached hydrogens (tertiary/aromatic N) is 2. The third kappa shape index (κ3) is 4.05. The smallest absolute Gasteiger partial charge is 0.343 e. The first-order chi connectivity index (χ1) is 10.8. The zero-order valence-corrected chi connectivity index (χ0v) is 11.6. The first kappa shape index (κ1) is 18.1. The van der Waals surface area contributed by atoms with E-state index in [0.29, 0.717) is 12.6 Å². The number of esters is 1. The topological polar surface area (TPSA) is 91.5 Å². The Morgan fingerprint density at radius 1 is 1.26 bits per heavy atom. The standard InChI is InChI=1S/C13H10F4N2O4/c1-2-23-13(21)7(4-18-5-19-22)12(20)6-3-8(14)10(16)11(17)9(6)15/h3-5,20,22H,2H2,1H3/b12-7+,18-4+,19-5+. The summed E-state index contributed by atoms with van der Waals surface area (Å²) in [5, 5.41) is 20.5. The molecule has 1 aromatic rings. The van der Waals surface area contributed by atoms with E-state index in [1.165, 1.54) is 6.92 Å². The van der Waals surface area contributed by atoms with Gasteiger partial charge in [-0.15, -0.1) is 0 Å². The van der Waals surface area contributed by atoms with E-state index in [-0.39, 0.29) is 12.7 Å². The Kier molecular flexibility index (Phi) is 6.24. The summed E-state index contributed by atoms with van der Waals surface area (Å²) in [7, 11) is 0. The predicted octanol–water partition coefficient (Wildman–Crippen LogP) is 2.56. The first-order valence-electron chi connectivity index (χ1n) is 5.97. The minimum atomic E-state index is -2.16. The van der Waals surface area contributed by atoms with E-state index in [9.17, 15) is 27.5 Å². The van der Waals surface area contributed by atoms with Gasteiger partial charge in [-0.2, -0.15) is 0 Å². The Bertz CT molecular complexity index is 702. The summed E-state index contributed by atoms with van der Waals surface area (Å²) >= 11 is 0. The molecule has 0 aromatic heterocycles. The van der Waals surface area contributed by atoms with Crippen molar-refractivity contribution in [3.05, 3.63) is 40.5 Å². The Balaban J connectivity index is 3.55. The summed E-state index contributed by atoms with van der Waals surface area (Å²) in [6.45, 7) is 1.29. The summed E-state index contributed by atoms with van der Waals surface area (Å²) in [4.78, 5) is 14.9. The fourth-order valence-electron chi connectivity index (χ4n) is 1.45. The Morgan fingerprint density at radius 2 is 1.91 bits per heavy atom. The highest BCUT2D eigenvalue weighted by atomic mass is 19.2. The number of carbonyl (C=O) groups excluding carboxylic acids is 1. The Morgan fingerprint density at radius 3 is 2.48 bits per heavy atom. The summed E-state index contributed by atoms with van der Waals surface area (Å²) in [5.74, 6) is -10.4. The lowest BCUT2D eigenvalue weighted by Gasteiger charge is -2.08. The molecule has 0 heterocycles. The van der Waals surface area contributed by atoms with Crippen LogP contribution < -0.4 is 0 Å². The molecule has 2 N–H and O–H groups in total. The minimum Gasteiger partial charge on any atom is -0.506 e. The van der Waals surface area contributed by atoms with Crippen LogP contribution in [0.1, 0.15) is 12.5 Å². The SMILES string of the molecule is CCOC(=O)C(/C=N/C=N/O)=C(/O)c1cc(F)c(F)c(F)c1F. The minimum absolute atomic E-state index is 0.133. The van der Waals surface area contributed by atoms with Gasteiger partial charge in [0.1, 0.15) is 11.3 Å². The molecule has 23 heavy (non-hydrogen) atoms. The van der Waals surface area contributed by atoms with Gasteiger partial charge in [0.15, 0.2) is 29.6 Å². The summed E-state index contributed by atoms with van der Waals surface area (Å²) in [6.07, 6.45) is 1.15. The molecule has 0 saturated heterocycles. The Hall–Kier alpha value is -2.91. The van der Waals surface area contributed by atoms with Gasteiger partial charge in [0.05, 0.1) is 12.2 Å². The molecule has 0 atom stereocenters. The van der Waals surface area contributed by atoms with Crippen LogP contribution in [0.25, 0.3) is 5.76 Å². The maximum Gasteiger partial charge on any atom is 0.343 e. The fraction of sp³-hybridized carbons (Fsp3) is 0.154. The van der Waals surface area contributed by atoms with Crippen molar-refractivity contribution in [1.82, 2.24) is 0 Å². The monoisotopic (exact) mass is 334 g/mol. The third-order valence-electron chi connectivity index (χ3n) is 2.43. The summed E-state index contributed by atoms with van der Waals surface area (Å²) in [6, 6.07) is 0.163. The zero-order valence-electron chi connectivity index (χ0n) is 11.6. The molecule has 1 aromatic carbocycles. The maximum absolute atomic E-state index is 13.7. The van der Waals surface area contributed by atoms with Crippen LogP contribution in [0.15, 0.2) is 21.8 Å². The number of halogens is 4. The third-order valence-corrected chi connectivity index (χ3v) is 2.43. The van der Waals surface area contributed by atoms with Gasteiger partial charge in [-0.05, 0) is 13.0 Å². The lowest BCUT2D eigenvalue weighted by atomic mass is 10.1. The molecule has 0 aliphatic rings. The number of aliphatic hydroxyl groups is 1. The maximum atomic E-state index is 13.7. The highest BCUT2D eigenvalue weighted by molar-refractivity contribution is 6.16. The Labute approximate surface area is 127 Å². The van der Waals surface area contributed by atoms with Crippen LogP contribution in [0.5, 0.6) is 0 Å². The molecule has 124 valence electrons. The van der Waals surface area contributed by atoms with E-state index in [1.807, 2.05) is 0 Å². The number of rotatable bonds is 5. The number of carbonyl (C=O) groups is 1. The van der Waals surface area contributed by atoms with Gasteiger partial charge in [0.2, 0.25) is 0 Å². The van der Waals surface area contributed by atoms with E-state index in [2.05, 4.69) is 14.9 Å². The van der Waals surface area contributed by atoms with Crippen LogP contribution >= 0.6 is 0 Å². The van der Waals surface area contributed by atoms with Crippen molar-refractivity contribution in [2.24, 2.45) is 10.1 Å². The van der Waals surface area contributed by atoms with Gasteiger partial charge in [0.25, 0.3) is 0 Å². The van der Waals surface area contributed by atoms with E-state index in [0.717, 1.165) is 0 Å². The molecule has 0 aliphatic heterocycles. The second-order valence-electron chi connectivity index (χ2n) is 3.84. The van der Waals surface area contributed by atoms with Crippen LogP contribution in [0, 0.1) is 23.3 Å². The van der Waals surface area contributed by atoms with Crippen molar-refractivity contribution in [2.75, 3.05) is 6.61 Å². The molecule has 0 spiro atoms. The van der Waals surface area contributed by atoms with E-state index in [4.69, 9.17) is 5.21 Å². The molecule has 10 heteroatoms. The van der Waals surface area contributed by atoms with Crippen LogP contribution in [0.4, 0.5) is 17.6 Å². The highest BCUT2D eigenvalue weighted by Crippen LogP contribution is 2.25. The molecule has 0 fully saturated rings. The average Bonchev–Trinajstić information content (AvgIpc) is 2.52. The molecule has 0 amide bonds. The van der Waals surface area contributed by atoms with Crippen molar-refractivity contribution in [3.8, 4) is 0 Å². The number of hydrogen-bond donors (Lipinski definition) is 2. The van der Waals surface area contributed by atoms with Crippen LogP contribution in [-0.2, 0) is 9.53 Å². The molecule has 0 radical (unpaired) electrons. The van der Waals surface area contributed by atoms with Crippen LogP contribution in [0.3, 0.4) is 0 Å². The number of ether oxygens (including phenoxy) is 1. The normalized spacial score (nSPS) is 12.7. The highest BCUT2D eigenvalue weighted by Gasteiger charge is 2.24. The molecule has 0 aliphatic carbocycles. The van der Waals surface area contributed by atoms with Gasteiger partial charge in [-0.1, -0.05) is 5.16 Å². The molecule has 6 nitrogen and oxygen atoms in total. The quantitative estimate of drug-likeness (QED) is 0.0827. The predicted molar refractivity (Wildman–Crippen MR) is 71.2 cm³/mol. The van der Waals surface area contributed by atoms with Crippen LogP contribution in [-0.4, -0.2) is 35.4 Å². The number of oxime groups is 1. The van der Waals surface area contributed by atoms with Crippen molar-refractivity contribution in [1.29, 1.82) is 0 Å². The molecule has 0 unspecified atom stereocenters. The summed E-state index contributed by atoms with van der Waals surface area (Å²) in [5.41, 5.74) is -1.91. The molecule has 0 saturated carbocycles. The van der Waals surface area contributed by atoms with Gasteiger partial charge in [0, 0.05) is 6.21 Å². The molecule has 1 rings (SSSR count). The van der Waals surface area contributed by atoms with Crippen molar-refractivity contribution < 1.29 is 37.4 Å². The largest absolute Gasteiger partial charge is 0.506 e. The van der Waals surface area contributed by atoms with Crippen molar-refractivity contribution in [2.45, 2.75) is 6.92 Å². The first-order valence-corrected chi connectivity index (χ1v) is 5.97. The van der Waals surface area contributed by atoms with Gasteiger partial charge in [-0.3, -0.25) is 0 Å². The number of hydrogen-bond acceptors (Lipinski definition) is 5. The lowest BCUT2D eigenvalue weighted by molar-refractivity contribution is -0.137. The molecular formula is C13H10F4N2O4. The second kappa shape index (κ2) is 7.92. The molecular weight excluding hydrogens is 324 g/mol. The van der Waals surface area contributed by atoms with Gasteiger partial charge >= 0.3 is 5.97 Å². The fourth-order valence-corrected chi connectivity index (χ4v) is 1.45. The molecule has 0 bridgehead atoms. The van der Waals surface area contributed by atoms with E-state index >= 15 is 0 Å². The number of benzene rings is 1. The number of aliphatic imine (C=N–C) groups is 1. The van der Waals surface area contributed by atoms with E-state index < -0.39 is 46.1 Å². The van der Waals surface area contributed by atoms with Gasteiger partial charge in [-0.25, -0.2) is 27.3 Å². The van der Waals surface area contributed by atoms with Crippen LogP contribution in [0.2, 0.25) is 0 Å². The number of aliphatic hydroxyl groups excluding tert-OH is 1. The average molecular weight is 334 g/mol. The summed E-state index contributed by atoms with van der Waals surface area (Å²) < 4.78 is 57.5. The van der Waals surface area contributed by atoms with E-state index in [1.54, 1.807) is 0 Å². The zero-order chi connectivity index (χ0) is 17.6. The van der Waals surface area contributed by atoms with Crippen molar-refractivity contribution in [3.63, 3.8) is 0 Å². The van der Waals surface area contributed by atoms with Gasteiger partial charge < -0.3 is 15.1 Å². The second-order valence-corrected chi connectivity index (χ2v) is 3.84. The lowest BCUT2D eigenvalue weighted by Crippen LogP contribution is -2.13. The van der Waals surface area contributed by atoms with Crippen molar-refractivity contribution >= 4 is 24.3 Å².